The molecule has 2 amide bonds. The lowest BCUT2D eigenvalue weighted by Gasteiger charge is -2.32. The quantitative estimate of drug-likeness (QED) is 0.317. The summed E-state index contributed by atoms with van der Waals surface area (Å²) >= 11 is 3.36. The number of nitrogens with one attached hydrogen (secondary N) is 1. The summed E-state index contributed by atoms with van der Waals surface area (Å²) in [5, 5.41) is 2.83. The number of carbonyl (C=O) groups excluding carboxylic acids is 2. The van der Waals surface area contributed by atoms with E-state index in [4.69, 9.17) is 0 Å². The Hall–Kier alpha value is -3.24. The minimum absolute atomic E-state index is 0.00582. The molecule has 0 fully saturated rings. The van der Waals surface area contributed by atoms with Crippen LogP contribution in [0.4, 0.5) is 10.1 Å². The van der Waals surface area contributed by atoms with Gasteiger partial charge in [-0.25, -0.2) is 12.8 Å². The largest absolute Gasteiger partial charge is 0.354 e. The maximum Gasteiger partial charge on any atom is 0.264 e. The molecule has 0 aliphatic heterocycles. The molecule has 1 N–H and O–H groups in total. The number of carbonyl (C=O) groups is 2. The number of aryl methyl sites for hydroxylation is 1. The Morgan fingerprint density at radius 2 is 1.51 bits per heavy atom. The standard InChI is InChI=1S/C29H33BrFN3O4S/c1-20(2)17-32-29(36)22(4)33(18-23-7-11-25(31)12-8-23)28(35)19-34(26-13-9-24(30)10-14-26)39(37,38)27-15-5-21(3)6-16-27/h5-16,20,22H,17-19H2,1-4H3,(H,32,36). The monoisotopic (exact) mass is 617 g/mol. The number of hydrogen-bond donors (Lipinski definition) is 1. The lowest BCUT2D eigenvalue weighted by atomic mass is 10.1. The van der Waals surface area contributed by atoms with Crippen molar-refractivity contribution in [2.45, 2.75) is 45.2 Å². The second-order valence-electron chi connectivity index (χ2n) is 9.76. The molecule has 0 aromatic heterocycles. The van der Waals surface area contributed by atoms with Crippen molar-refractivity contribution in [2.24, 2.45) is 5.92 Å². The van der Waals surface area contributed by atoms with Crippen LogP contribution in [0.5, 0.6) is 0 Å². The molecule has 0 saturated carbocycles. The summed E-state index contributed by atoms with van der Waals surface area (Å²) in [5.41, 5.74) is 1.79. The molecule has 0 heterocycles. The summed E-state index contributed by atoms with van der Waals surface area (Å²) in [7, 11) is -4.14. The van der Waals surface area contributed by atoms with Crippen molar-refractivity contribution in [3.05, 3.63) is 94.2 Å². The van der Waals surface area contributed by atoms with Crippen LogP contribution in [-0.2, 0) is 26.2 Å². The molecule has 10 heteroatoms. The normalized spacial score (nSPS) is 12.2. The van der Waals surface area contributed by atoms with E-state index in [2.05, 4.69) is 21.2 Å². The Labute approximate surface area is 238 Å². The van der Waals surface area contributed by atoms with Crippen LogP contribution in [0, 0.1) is 18.7 Å². The van der Waals surface area contributed by atoms with Crippen molar-refractivity contribution < 1.29 is 22.4 Å². The zero-order valence-corrected chi connectivity index (χ0v) is 24.8. The third-order valence-electron chi connectivity index (χ3n) is 6.12. The van der Waals surface area contributed by atoms with E-state index in [0.717, 1.165) is 14.3 Å². The van der Waals surface area contributed by atoms with E-state index in [1.807, 2.05) is 20.8 Å². The highest BCUT2D eigenvalue weighted by atomic mass is 79.9. The van der Waals surface area contributed by atoms with Gasteiger partial charge in [0.05, 0.1) is 10.6 Å². The summed E-state index contributed by atoms with van der Waals surface area (Å²) < 4.78 is 42.9. The molecule has 3 aromatic rings. The number of sulfonamides is 1. The van der Waals surface area contributed by atoms with E-state index in [0.29, 0.717) is 17.8 Å². The Kier molecular flexibility index (Phi) is 10.3. The maximum atomic E-state index is 13.8. The van der Waals surface area contributed by atoms with Gasteiger partial charge >= 0.3 is 0 Å². The molecule has 208 valence electrons. The van der Waals surface area contributed by atoms with Gasteiger partial charge in [-0.2, -0.15) is 0 Å². The predicted molar refractivity (Wildman–Crippen MR) is 154 cm³/mol. The first-order valence-corrected chi connectivity index (χ1v) is 14.8. The summed E-state index contributed by atoms with van der Waals surface area (Å²) in [6.45, 7) is 7.24. The molecule has 1 atom stereocenters. The lowest BCUT2D eigenvalue weighted by Crippen LogP contribution is -2.51. The average Bonchev–Trinajstić information content (AvgIpc) is 2.90. The second-order valence-corrected chi connectivity index (χ2v) is 12.5. The zero-order chi connectivity index (χ0) is 28.7. The number of rotatable bonds is 11. The zero-order valence-electron chi connectivity index (χ0n) is 22.4. The van der Waals surface area contributed by atoms with Crippen LogP contribution in [0.15, 0.2) is 82.2 Å². The molecule has 0 bridgehead atoms. The van der Waals surface area contributed by atoms with Crippen molar-refractivity contribution in [3.63, 3.8) is 0 Å². The molecule has 0 aliphatic rings. The molecular formula is C29H33BrFN3O4S. The molecular weight excluding hydrogens is 585 g/mol. The first-order chi connectivity index (χ1) is 18.4. The molecule has 0 spiro atoms. The van der Waals surface area contributed by atoms with Gasteiger partial charge in [0.1, 0.15) is 18.4 Å². The van der Waals surface area contributed by atoms with Crippen LogP contribution in [0.3, 0.4) is 0 Å². The van der Waals surface area contributed by atoms with Crippen LogP contribution in [0.25, 0.3) is 0 Å². The van der Waals surface area contributed by atoms with Gasteiger partial charge < -0.3 is 10.2 Å². The van der Waals surface area contributed by atoms with Gasteiger partial charge in [0.15, 0.2) is 0 Å². The third-order valence-corrected chi connectivity index (χ3v) is 8.44. The summed E-state index contributed by atoms with van der Waals surface area (Å²) in [4.78, 5) is 28.2. The summed E-state index contributed by atoms with van der Waals surface area (Å²) in [6.07, 6.45) is 0. The van der Waals surface area contributed by atoms with E-state index in [1.54, 1.807) is 43.3 Å². The van der Waals surface area contributed by atoms with Gasteiger partial charge in [-0.05, 0) is 73.9 Å². The maximum absolute atomic E-state index is 13.8. The fourth-order valence-corrected chi connectivity index (χ4v) is 5.47. The molecule has 0 radical (unpaired) electrons. The Bertz CT molecular complexity index is 1380. The fraction of sp³-hybridized carbons (Fsp3) is 0.310. The van der Waals surface area contributed by atoms with Crippen molar-refractivity contribution in [1.82, 2.24) is 10.2 Å². The van der Waals surface area contributed by atoms with Gasteiger partial charge in [0.2, 0.25) is 11.8 Å². The molecule has 0 saturated heterocycles. The van der Waals surface area contributed by atoms with E-state index < -0.39 is 34.3 Å². The smallest absolute Gasteiger partial charge is 0.264 e. The minimum Gasteiger partial charge on any atom is -0.354 e. The molecule has 7 nitrogen and oxygen atoms in total. The Morgan fingerprint density at radius 3 is 2.08 bits per heavy atom. The van der Waals surface area contributed by atoms with Gasteiger partial charge in [-0.15, -0.1) is 0 Å². The highest BCUT2D eigenvalue weighted by Gasteiger charge is 2.32. The first kappa shape index (κ1) is 30.3. The fourth-order valence-electron chi connectivity index (χ4n) is 3.80. The predicted octanol–water partition coefficient (Wildman–Crippen LogP) is 5.28. The average molecular weight is 619 g/mol. The van der Waals surface area contributed by atoms with Gasteiger partial charge in [0, 0.05) is 17.6 Å². The molecule has 1 unspecified atom stereocenters. The minimum atomic E-state index is -4.14. The summed E-state index contributed by atoms with van der Waals surface area (Å²) in [5.74, 6) is -1.17. The molecule has 39 heavy (non-hydrogen) atoms. The SMILES string of the molecule is Cc1ccc(S(=O)(=O)N(CC(=O)N(Cc2ccc(F)cc2)C(C)C(=O)NCC(C)C)c2ccc(Br)cc2)cc1. The number of hydrogen-bond acceptors (Lipinski definition) is 4. The summed E-state index contributed by atoms with van der Waals surface area (Å²) in [6, 6.07) is 17.7. The van der Waals surface area contributed by atoms with Gasteiger partial charge in [-0.3, -0.25) is 13.9 Å². The number of benzene rings is 3. The van der Waals surface area contributed by atoms with E-state index in [9.17, 15) is 22.4 Å². The van der Waals surface area contributed by atoms with E-state index in [1.165, 1.54) is 41.3 Å². The van der Waals surface area contributed by atoms with Crippen LogP contribution in [0.2, 0.25) is 0 Å². The van der Waals surface area contributed by atoms with Crippen molar-refractivity contribution in [1.29, 1.82) is 0 Å². The van der Waals surface area contributed by atoms with Crippen LogP contribution >= 0.6 is 15.9 Å². The number of halogens is 2. The molecule has 3 aromatic carbocycles. The number of nitrogens with zero attached hydrogens (tertiary/aromatic N) is 2. The van der Waals surface area contributed by atoms with Crippen molar-refractivity contribution in [3.8, 4) is 0 Å². The van der Waals surface area contributed by atoms with Gasteiger partial charge in [0.25, 0.3) is 10.0 Å². The number of amides is 2. The second kappa shape index (κ2) is 13.2. The highest BCUT2D eigenvalue weighted by molar-refractivity contribution is 9.10. The van der Waals surface area contributed by atoms with E-state index in [-0.39, 0.29) is 23.3 Å². The number of anilines is 1. The first-order valence-electron chi connectivity index (χ1n) is 12.5. The third kappa shape index (κ3) is 8.12. The van der Waals surface area contributed by atoms with Crippen LogP contribution < -0.4 is 9.62 Å². The highest BCUT2D eigenvalue weighted by Crippen LogP contribution is 2.26. The van der Waals surface area contributed by atoms with Gasteiger partial charge in [-0.1, -0.05) is 59.6 Å². The molecule has 0 aliphatic carbocycles. The Morgan fingerprint density at radius 1 is 0.923 bits per heavy atom. The Balaban J connectivity index is 2.00. The van der Waals surface area contributed by atoms with Crippen molar-refractivity contribution >= 4 is 43.5 Å². The topological polar surface area (TPSA) is 86.8 Å². The van der Waals surface area contributed by atoms with Crippen LogP contribution in [-0.4, -0.2) is 44.3 Å². The molecule has 3 rings (SSSR count). The van der Waals surface area contributed by atoms with Crippen molar-refractivity contribution in [2.75, 3.05) is 17.4 Å². The lowest BCUT2D eigenvalue weighted by molar-refractivity contribution is -0.139. The van der Waals surface area contributed by atoms with Crippen LogP contribution in [0.1, 0.15) is 31.9 Å². The van der Waals surface area contributed by atoms with E-state index >= 15 is 0 Å².